The van der Waals surface area contributed by atoms with Gasteiger partial charge in [-0.05, 0) is 58.6 Å². The number of carbonyl (C=O) groups is 1. The number of rotatable bonds is 5. The molecule has 2 aromatic carbocycles. The van der Waals surface area contributed by atoms with E-state index < -0.39 is 4.92 Å². The lowest BCUT2D eigenvalue weighted by Crippen LogP contribution is -2.31. The fourth-order valence-electron chi connectivity index (χ4n) is 3.44. The quantitative estimate of drug-likeness (QED) is 0.507. The van der Waals surface area contributed by atoms with Gasteiger partial charge in [-0.2, -0.15) is 0 Å². The Labute approximate surface area is 170 Å². The van der Waals surface area contributed by atoms with Crippen molar-refractivity contribution in [3.05, 3.63) is 69.3 Å². The summed E-state index contributed by atoms with van der Waals surface area (Å²) in [5.41, 5.74) is 2.42. The summed E-state index contributed by atoms with van der Waals surface area (Å²) in [7, 11) is 1.69. The molecule has 10 heteroatoms. The molecule has 1 heterocycles. The predicted octanol–water partition coefficient (Wildman–Crippen LogP) is 3.08. The lowest BCUT2D eigenvalue weighted by Gasteiger charge is -2.26. The second-order valence-corrected chi connectivity index (χ2v) is 7.75. The molecular formula is C19H18N6O3S. The van der Waals surface area contributed by atoms with E-state index in [2.05, 4.69) is 26.9 Å². The Morgan fingerprint density at radius 1 is 1.31 bits per heavy atom. The first-order valence-electron chi connectivity index (χ1n) is 9.10. The van der Waals surface area contributed by atoms with Crippen molar-refractivity contribution in [2.75, 3.05) is 0 Å². The number of nitrogens with one attached hydrogen (secondary N) is 1. The third-order valence-electron chi connectivity index (χ3n) is 4.88. The van der Waals surface area contributed by atoms with Crippen LogP contribution in [0.2, 0.25) is 0 Å². The Balaban J connectivity index is 1.65. The van der Waals surface area contributed by atoms with Gasteiger partial charge in [0, 0.05) is 24.1 Å². The number of hydrogen-bond donors (Lipinski definition) is 1. The van der Waals surface area contributed by atoms with Gasteiger partial charge in [-0.3, -0.25) is 14.9 Å². The monoisotopic (exact) mass is 410 g/mol. The standard InChI is InChI=1S/C19H18N6O3S/c1-24-19(21-22-23-24)29-17-10-9-13(25(27)28)11-15(17)18(26)20-16-8-4-6-12-5-2-3-7-14(12)16/h2-3,5,7,9-11,16H,4,6,8H2,1H3,(H,20,26)/t16-/m0/s1. The Morgan fingerprint density at radius 2 is 2.14 bits per heavy atom. The van der Waals surface area contributed by atoms with Crippen LogP contribution in [-0.4, -0.2) is 31.0 Å². The van der Waals surface area contributed by atoms with E-state index in [-0.39, 0.29) is 23.2 Å². The SMILES string of the molecule is Cn1nnnc1Sc1ccc([N+](=O)[O-])cc1C(=O)N[C@H]1CCCc2ccccc21. The van der Waals surface area contributed by atoms with Crippen LogP contribution < -0.4 is 5.32 Å². The van der Waals surface area contributed by atoms with Crippen molar-refractivity contribution in [1.29, 1.82) is 0 Å². The van der Waals surface area contributed by atoms with Crippen LogP contribution in [0.4, 0.5) is 5.69 Å². The number of nitro groups is 1. The number of aryl methyl sites for hydroxylation is 2. The van der Waals surface area contributed by atoms with Gasteiger partial charge in [-0.15, -0.1) is 5.10 Å². The maximum atomic E-state index is 13.1. The van der Waals surface area contributed by atoms with Crippen LogP contribution in [0.25, 0.3) is 0 Å². The zero-order chi connectivity index (χ0) is 20.4. The molecular weight excluding hydrogens is 392 g/mol. The molecule has 0 spiro atoms. The number of non-ortho nitro benzene ring substituents is 1. The smallest absolute Gasteiger partial charge is 0.270 e. The van der Waals surface area contributed by atoms with Crippen molar-refractivity contribution in [2.45, 2.75) is 35.4 Å². The topological polar surface area (TPSA) is 116 Å². The number of hydrogen-bond acceptors (Lipinski definition) is 7. The third kappa shape index (κ3) is 3.97. The van der Waals surface area contributed by atoms with Gasteiger partial charge in [0.2, 0.25) is 5.16 Å². The summed E-state index contributed by atoms with van der Waals surface area (Å²) in [5, 5.41) is 26.1. The second kappa shape index (κ2) is 8.00. The van der Waals surface area contributed by atoms with Crippen LogP contribution in [0.15, 0.2) is 52.5 Å². The maximum Gasteiger partial charge on any atom is 0.270 e. The average molecular weight is 410 g/mol. The molecule has 0 aliphatic heterocycles. The molecule has 1 N–H and O–H groups in total. The number of amides is 1. The molecule has 0 radical (unpaired) electrons. The number of nitro benzene ring substituents is 1. The van der Waals surface area contributed by atoms with E-state index in [1.807, 2.05) is 18.2 Å². The summed E-state index contributed by atoms with van der Waals surface area (Å²) >= 11 is 1.19. The highest BCUT2D eigenvalue weighted by molar-refractivity contribution is 7.99. The highest BCUT2D eigenvalue weighted by atomic mass is 32.2. The van der Waals surface area contributed by atoms with E-state index in [4.69, 9.17) is 0 Å². The van der Waals surface area contributed by atoms with Crippen LogP contribution in [0.5, 0.6) is 0 Å². The molecule has 1 aliphatic rings. The molecule has 0 bridgehead atoms. The zero-order valence-electron chi connectivity index (χ0n) is 15.6. The van der Waals surface area contributed by atoms with E-state index >= 15 is 0 Å². The van der Waals surface area contributed by atoms with Gasteiger partial charge in [0.1, 0.15) is 0 Å². The summed E-state index contributed by atoms with van der Waals surface area (Å²) in [6.45, 7) is 0. The van der Waals surface area contributed by atoms with Crippen molar-refractivity contribution < 1.29 is 9.72 Å². The number of nitrogens with zero attached hydrogens (tertiary/aromatic N) is 5. The normalized spacial score (nSPS) is 15.6. The number of carbonyl (C=O) groups excluding carboxylic acids is 1. The minimum absolute atomic E-state index is 0.124. The van der Waals surface area contributed by atoms with Crippen LogP contribution in [0.1, 0.15) is 40.4 Å². The second-order valence-electron chi connectivity index (χ2n) is 6.74. The van der Waals surface area contributed by atoms with Crippen molar-refractivity contribution in [2.24, 2.45) is 7.05 Å². The molecule has 1 aromatic heterocycles. The summed E-state index contributed by atoms with van der Waals surface area (Å²) in [5.74, 6) is -0.354. The van der Waals surface area contributed by atoms with Gasteiger partial charge < -0.3 is 5.32 Å². The number of tetrazole rings is 1. The van der Waals surface area contributed by atoms with Crippen LogP contribution in [0.3, 0.4) is 0 Å². The van der Waals surface area contributed by atoms with Crippen molar-refractivity contribution in [1.82, 2.24) is 25.5 Å². The molecule has 0 fully saturated rings. The van der Waals surface area contributed by atoms with E-state index in [1.165, 1.54) is 34.1 Å². The molecule has 3 aromatic rings. The first-order chi connectivity index (χ1) is 14.0. The first-order valence-corrected chi connectivity index (χ1v) is 9.92. The molecule has 29 heavy (non-hydrogen) atoms. The molecule has 1 amide bonds. The minimum Gasteiger partial charge on any atom is -0.345 e. The minimum atomic E-state index is -0.509. The van der Waals surface area contributed by atoms with Crippen molar-refractivity contribution >= 4 is 23.4 Å². The van der Waals surface area contributed by atoms with Gasteiger partial charge in [0.15, 0.2) is 0 Å². The van der Waals surface area contributed by atoms with Crippen LogP contribution in [-0.2, 0) is 13.5 Å². The van der Waals surface area contributed by atoms with Crippen LogP contribution >= 0.6 is 11.8 Å². The van der Waals surface area contributed by atoms with Gasteiger partial charge in [0.25, 0.3) is 11.6 Å². The first kappa shape index (κ1) is 19.1. The predicted molar refractivity (Wildman–Crippen MR) is 106 cm³/mol. The van der Waals surface area contributed by atoms with E-state index in [1.54, 1.807) is 13.1 Å². The maximum absolute atomic E-state index is 13.1. The Morgan fingerprint density at radius 3 is 2.90 bits per heavy atom. The highest BCUT2D eigenvalue weighted by Gasteiger charge is 2.25. The van der Waals surface area contributed by atoms with Crippen molar-refractivity contribution in [3.8, 4) is 0 Å². The summed E-state index contributed by atoms with van der Waals surface area (Å²) in [4.78, 5) is 24.4. The Hall–Kier alpha value is -3.27. The lowest BCUT2D eigenvalue weighted by molar-refractivity contribution is -0.384. The summed E-state index contributed by atoms with van der Waals surface area (Å²) in [6.07, 6.45) is 2.79. The molecule has 0 saturated heterocycles. The molecule has 9 nitrogen and oxygen atoms in total. The van der Waals surface area contributed by atoms with E-state index in [0.717, 1.165) is 24.8 Å². The number of aromatic nitrogens is 4. The molecule has 148 valence electrons. The average Bonchev–Trinajstić information content (AvgIpc) is 3.13. The molecule has 1 aliphatic carbocycles. The molecule has 0 saturated carbocycles. The fourth-order valence-corrected chi connectivity index (χ4v) is 4.28. The van der Waals surface area contributed by atoms with E-state index in [0.29, 0.717) is 10.1 Å². The molecule has 1 atom stereocenters. The molecule has 4 rings (SSSR count). The largest absolute Gasteiger partial charge is 0.345 e. The summed E-state index contributed by atoms with van der Waals surface area (Å²) in [6, 6.07) is 12.2. The lowest BCUT2D eigenvalue weighted by atomic mass is 9.87. The van der Waals surface area contributed by atoms with E-state index in [9.17, 15) is 14.9 Å². The van der Waals surface area contributed by atoms with Crippen LogP contribution in [0, 0.1) is 10.1 Å². The van der Waals surface area contributed by atoms with Gasteiger partial charge in [0.05, 0.1) is 16.5 Å². The Kier molecular flexibility index (Phi) is 5.26. The fraction of sp³-hybridized carbons (Fsp3) is 0.263. The molecule has 0 unspecified atom stereocenters. The van der Waals surface area contributed by atoms with Gasteiger partial charge >= 0.3 is 0 Å². The zero-order valence-corrected chi connectivity index (χ0v) is 16.4. The van der Waals surface area contributed by atoms with Gasteiger partial charge in [-0.1, -0.05) is 24.3 Å². The third-order valence-corrected chi connectivity index (χ3v) is 5.98. The van der Waals surface area contributed by atoms with Crippen molar-refractivity contribution in [3.63, 3.8) is 0 Å². The Bertz CT molecular complexity index is 1080. The summed E-state index contributed by atoms with van der Waals surface area (Å²) < 4.78 is 1.48. The highest BCUT2D eigenvalue weighted by Crippen LogP contribution is 2.33. The van der Waals surface area contributed by atoms with Gasteiger partial charge in [-0.25, -0.2) is 4.68 Å². The number of fused-ring (bicyclic) bond motifs is 1. The number of benzene rings is 2.